The molecule has 6 heteroatoms. The molecule has 2 aromatic rings. The standard InChI is InChI=1S/C19H26N4O2/c1-4-5-11-21(3)19(25)17-15-9-6-7-12-23(15)18(20-17)16-10-8-13-22(16)14(2)24/h6-7,9,12,16H,4-5,8,10-11,13H2,1-3H3. The van der Waals surface area contributed by atoms with E-state index in [0.29, 0.717) is 5.69 Å². The number of fused-ring (bicyclic) bond motifs is 1. The molecular weight excluding hydrogens is 316 g/mol. The molecule has 3 heterocycles. The van der Waals surface area contributed by atoms with Crippen LogP contribution in [0.5, 0.6) is 0 Å². The number of nitrogens with zero attached hydrogens (tertiary/aromatic N) is 4. The van der Waals surface area contributed by atoms with Gasteiger partial charge < -0.3 is 14.2 Å². The highest BCUT2D eigenvalue weighted by molar-refractivity contribution is 5.99. The monoisotopic (exact) mass is 342 g/mol. The molecule has 2 aromatic heterocycles. The molecule has 2 amide bonds. The second kappa shape index (κ2) is 7.25. The number of imidazole rings is 1. The van der Waals surface area contributed by atoms with Crippen LogP contribution >= 0.6 is 0 Å². The first-order valence-electron chi connectivity index (χ1n) is 9.04. The Hall–Kier alpha value is -2.37. The minimum absolute atomic E-state index is 0.0584. The van der Waals surface area contributed by atoms with Crippen molar-refractivity contribution in [1.29, 1.82) is 0 Å². The molecule has 0 radical (unpaired) electrons. The Balaban J connectivity index is 2.01. The highest BCUT2D eigenvalue weighted by atomic mass is 16.2. The maximum atomic E-state index is 12.9. The third-order valence-corrected chi connectivity index (χ3v) is 4.93. The van der Waals surface area contributed by atoms with E-state index < -0.39 is 0 Å². The highest BCUT2D eigenvalue weighted by Crippen LogP contribution is 2.32. The van der Waals surface area contributed by atoms with Crippen molar-refractivity contribution >= 4 is 17.3 Å². The lowest BCUT2D eigenvalue weighted by atomic mass is 10.2. The van der Waals surface area contributed by atoms with Crippen LogP contribution in [0.2, 0.25) is 0 Å². The molecule has 1 atom stereocenters. The zero-order valence-corrected chi connectivity index (χ0v) is 15.2. The van der Waals surface area contributed by atoms with Crippen molar-refractivity contribution < 1.29 is 9.59 Å². The van der Waals surface area contributed by atoms with Gasteiger partial charge in [-0.1, -0.05) is 19.4 Å². The third-order valence-electron chi connectivity index (χ3n) is 4.93. The summed E-state index contributed by atoms with van der Waals surface area (Å²) in [5.41, 5.74) is 1.28. The number of likely N-dealkylation sites (tertiary alicyclic amines) is 1. The van der Waals surface area contributed by atoms with Crippen molar-refractivity contribution in [3.05, 3.63) is 35.9 Å². The number of pyridine rings is 1. The molecule has 25 heavy (non-hydrogen) atoms. The fourth-order valence-corrected chi connectivity index (χ4v) is 3.54. The first-order chi connectivity index (χ1) is 12.0. The molecule has 1 fully saturated rings. The largest absolute Gasteiger partial charge is 0.340 e. The van der Waals surface area contributed by atoms with Gasteiger partial charge in [-0.25, -0.2) is 4.98 Å². The lowest BCUT2D eigenvalue weighted by Crippen LogP contribution is -2.29. The molecule has 0 bridgehead atoms. The van der Waals surface area contributed by atoms with Gasteiger partial charge in [0.2, 0.25) is 5.91 Å². The van der Waals surface area contributed by atoms with Crippen LogP contribution in [0.15, 0.2) is 24.4 Å². The highest BCUT2D eigenvalue weighted by Gasteiger charge is 2.33. The van der Waals surface area contributed by atoms with Crippen LogP contribution in [0.1, 0.15) is 61.9 Å². The van der Waals surface area contributed by atoms with Gasteiger partial charge in [0, 0.05) is 33.3 Å². The quantitative estimate of drug-likeness (QED) is 0.839. The van der Waals surface area contributed by atoms with Crippen LogP contribution in [0.4, 0.5) is 0 Å². The third kappa shape index (κ3) is 3.25. The van der Waals surface area contributed by atoms with E-state index >= 15 is 0 Å². The van der Waals surface area contributed by atoms with Gasteiger partial charge >= 0.3 is 0 Å². The summed E-state index contributed by atoms with van der Waals surface area (Å²) < 4.78 is 1.97. The molecule has 1 aliphatic heterocycles. The molecule has 1 aliphatic rings. The number of hydrogen-bond donors (Lipinski definition) is 0. The van der Waals surface area contributed by atoms with Crippen molar-refractivity contribution in [3.8, 4) is 0 Å². The zero-order chi connectivity index (χ0) is 18.0. The van der Waals surface area contributed by atoms with Gasteiger partial charge in [0.05, 0.1) is 11.6 Å². The zero-order valence-electron chi connectivity index (χ0n) is 15.2. The van der Waals surface area contributed by atoms with Gasteiger partial charge in [-0.15, -0.1) is 0 Å². The van der Waals surface area contributed by atoms with Gasteiger partial charge in [-0.3, -0.25) is 9.59 Å². The Morgan fingerprint density at radius 1 is 1.36 bits per heavy atom. The molecular formula is C19H26N4O2. The Morgan fingerprint density at radius 3 is 2.88 bits per heavy atom. The summed E-state index contributed by atoms with van der Waals surface area (Å²) in [6, 6.07) is 5.71. The summed E-state index contributed by atoms with van der Waals surface area (Å²) in [5, 5.41) is 0. The fourth-order valence-electron chi connectivity index (χ4n) is 3.54. The van der Waals surface area contributed by atoms with Gasteiger partial charge in [0.25, 0.3) is 5.91 Å². The van der Waals surface area contributed by atoms with E-state index in [-0.39, 0.29) is 17.9 Å². The molecule has 0 saturated carbocycles. The van der Waals surface area contributed by atoms with Crippen LogP contribution in [0.3, 0.4) is 0 Å². The molecule has 0 aliphatic carbocycles. The van der Waals surface area contributed by atoms with Gasteiger partial charge in [0.15, 0.2) is 5.69 Å². The Kier molecular flexibility index (Phi) is 5.06. The van der Waals surface area contributed by atoms with Crippen molar-refractivity contribution in [2.75, 3.05) is 20.1 Å². The maximum absolute atomic E-state index is 12.9. The Morgan fingerprint density at radius 2 is 2.16 bits per heavy atom. The van der Waals surface area contributed by atoms with Crippen LogP contribution in [0, 0.1) is 0 Å². The minimum atomic E-state index is -0.0603. The number of hydrogen-bond acceptors (Lipinski definition) is 3. The average molecular weight is 342 g/mol. The number of amides is 2. The van der Waals surface area contributed by atoms with E-state index in [1.54, 1.807) is 11.8 Å². The Bertz CT molecular complexity index is 783. The second-order valence-corrected chi connectivity index (χ2v) is 6.73. The molecule has 6 nitrogen and oxygen atoms in total. The van der Waals surface area contributed by atoms with Gasteiger partial charge in [-0.2, -0.15) is 0 Å². The van der Waals surface area contributed by atoms with Crippen molar-refractivity contribution in [2.24, 2.45) is 0 Å². The molecule has 3 rings (SSSR count). The van der Waals surface area contributed by atoms with Crippen LogP contribution in [-0.2, 0) is 4.79 Å². The predicted molar refractivity (Wildman–Crippen MR) is 96.4 cm³/mol. The second-order valence-electron chi connectivity index (χ2n) is 6.73. The van der Waals surface area contributed by atoms with Crippen molar-refractivity contribution in [1.82, 2.24) is 19.2 Å². The van der Waals surface area contributed by atoms with E-state index in [1.165, 1.54) is 0 Å². The molecule has 1 saturated heterocycles. The summed E-state index contributed by atoms with van der Waals surface area (Å²) in [5.74, 6) is 0.787. The van der Waals surface area contributed by atoms with E-state index in [4.69, 9.17) is 4.98 Å². The summed E-state index contributed by atoms with van der Waals surface area (Å²) in [6.45, 7) is 5.18. The van der Waals surface area contributed by atoms with Crippen LogP contribution in [-0.4, -0.2) is 51.1 Å². The molecule has 0 N–H and O–H groups in total. The molecule has 134 valence electrons. The van der Waals surface area contributed by atoms with Gasteiger partial charge in [0.1, 0.15) is 5.82 Å². The predicted octanol–water partition coefficient (Wildman–Crippen LogP) is 2.89. The lowest BCUT2D eigenvalue weighted by Gasteiger charge is -2.22. The van der Waals surface area contributed by atoms with Crippen LogP contribution < -0.4 is 0 Å². The first-order valence-corrected chi connectivity index (χ1v) is 9.04. The smallest absolute Gasteiger partial charge is 0.274 e. The van der Waals surface area contributed by atoms with E-state index in [1.807, 2.05) is 40.7 Å². The van der Waals surface area contributed by atoms with E-state index in [0.717, 1.165) is 50.1 Å². The molecule has 0 spiro atoms. The topological polar surface area (TPSA) is 57.9 Å². The number of carbonyl (C=O) groups excluding carboxylic acids is 2. The molecule has 1 unspecified atom stereocenters. The van der Waals surface area contributed by atoms with E-state index in [9.17, 15) is 9.59 Å². The van der Waals surface area contributed by atoms with Crippen molar-refractivity contribution in [3.63, 3.8) is 0 Å². The summed E-state index contributed by atoms with van der Waals surface area (Å²) in [4.78, 5) is 33.1. The summed E-state index contributed by atoms with van der Waals surface area (Å²) >= 11 is 0. The van der Waals surface area contributed by atoms with Crippen LogP contribution in [0.25, 0.3) is 5.52 Å². The number of rotatable bonds is 5. The number of unbranched alkanes of at least 4 members (excludes halogenated alkanes) is 1. The number of aromatic nitrogens is 2. The van der Waals surface area contributed by atoms with E-state index in [2.05, 4.69) is 6.92 Å². The van der Waals surface area contributed by atoms with Crippen molar-refractivity contribution in [2.45, 2.75) is 45.6 Å². The van der Waals surface area contributed by atoms with Gasteiger partial charge in [-0.05, 0) is 31.4 Å². The summed E-state index contributed by atoms with van der Waals surface area (Å²) in [7, 11) is 1.82. The molecule has 0 aromatic carbocycles. The number of carbonyl (C=O) groups is 2. The SMILES string of the molecule is CCCCN(C)C(=O)c1nc(C2CCCN2C(C)=O)n2ccccc12. The normalized spacial score (nSPS) is 17.2. The fraction of sp³-hybridized carbons (Fsp3) is 0.526. The lowest BCUT2D eigenvalue weighted by molar-refractivity contribution is -0.129. The first kappa shape index (κ1) is 17.5. The summed E-state index contributed by atoms with van der Waals surface area (Å²) in [6.07, 6.45) is 5.79. The Labute approximate surface area is 148 Å². The minimum Gasteiger partial charge on any atom is -0.340 e. The average Bonchev–Trinajstić information content (AvgIpc) is 3.23. The maximum Gasteiger partial charge on any atom is 0.274 e.